The standard InChI is InChI=1S/C28H28O4/c1-2-31-27(28(29)30)19-20-11-15-23(16-12-20)32-18-17-26-24-9-5-3-7-21(24)13-14-22-8-4-6-10-25(22)26/h3-7,9-12,14-17,27H,2,8,13,18-19H2,1H3,(H,29,30). The highest BCUT2D eigenvalue weighted by Crippen LogP contribution is 2.37. The number of ether oxygens (including phenoxy) is 2. The van der Waals surface area contributed by atoms with Gasteiger partial charge in [0.2, 0.25) is 0 Å². The third-order valence-corrected chi connectivity index (χ3v) is 5.77. The Hall–Kier alpha value is -3.37. The first-order chi connectivity index (χ1) is 15.7. The summed E-state index contributed by atoms with van der Waals surface area (Å²) in [7, 11) is 0. The number of carboxylic acid groups (broad SMARTS) is 1. The van der Waals surface area contributed by atoms with Crippen LogP contribution in [0.1, 0.15) is 30.0 Å². The van der Waals surface area contributed by atoms with E-state index >= 15 is 0 Å². The maximum absolute atomic E-state index is 11.3. The highest BCUT2D eigenvalue weighted by Gasteiger charge is 2.20. The van der Waals surface area contributed by atoms with Gasteiger partial charge in [-0.3, -0.25) is 0 Å². The topological polar surface area (TPSA) is 55.8 Å². The number of allylic oxidation sites excluding steroid dienone is 7. The maximum atomic E-state index is 11.3. The second-order valence-corrected chi connectivity index (χ2v) is 7.86. The predicted octanol–water partition coefficient (Wildman–Crippen LogP) is 5.55. The number of hydrogen-bond acceptors (Lipinski definition) is 3. The number of rotatable bonds is 8. The molecule has 1 atom stereocenters. The molecule has 4 rings (SSSR count). The molecule has 1 N–H and O–H groups in total. The summed E-state index contributed by atoms with van der Waals surface area (Å²) < 4.78 is 11.3. The number of carboxylic acids is 1. The number of carbonyl (C=O) groups is 1. The molecule has 4 heteroatoms. The van der Waals surface area contributed by atoms with Crippen molar-refractivity contribution in [2.75, 3.05) is 13.2 Å². The first kappa shape index (κ1) is 21.8. The van der Waals surface area contributed by atoms with Crippen LogP contribution in [0.3, 0.4) is 0 Å². The van der Waals surface area contributed by atoms with E-state index in [0.29, 0.717) is 19.6 Å². The molecule has 2 aliphatic carbocycles. The molecular formula is C28H28O4. The Bertz CT molecular complexity index is 1090. The van der Waals surface area contributed by atoms with E-state index in [1.165, 1.54) is 27.8 Å². The predicted molar refractivity (Wildman–Crippen MR) is 127 cm³/mol. The molecule has 164 valence electrons. The zero-order chi connectivity index (χ0) is 22.3. The van der Waals surface area contributed by atoms with Crippen LogP contribution < -0.4 is 4.74 Å². The van der Waals surface area contributed by atoms with Crippen molar-refractivity contribution in [3.05, 3.63) is 107 Å². The van der Waals surface area contributed by atoms with Gasteiger partial charge in [-0.05, 0) is 71.4 Å². The number of hydrogen-bond donors (Lipinski definition) is 1. The van der Waals surface area contributed by atoms with Gasteiger partial charge in [-0.1, -0.05) is 60.7 Å². The van der Waals surface area contributed by atoms with Crippen LogP contribution in [0.5, 0.6) is 5.75 Å². The van der Waals surface area contributed by atoms with Gasteiger partial charge < -0.3 is 14.6 Å². The fourth-order valence-corrected chi connectivity index (χ4v) is 4.17. The summed E-state index contributed by atoms with van der Waals surface area (Å²) in [6, 6.07) is 16.1. The quantitative estimate of drug-likeness (QED) is 0.599. The average molecular weight is 429 g/mol. The summed E-state index contributed by atoms with van der Waals surface area (Å²) in [6.07, 6.45) is 12.4. The Balaban J connectivity index is 1.48. The summed E-state index contributed by atoms with van der Waals surface area (Å²) in [4.78, 5) is 11.3. The lowest BCUT2D eigenvalue weighted by atomic mass is 9.88. The summed E-state index contributed by atoms with van der Waals surface area (Å²) in [5.74, 6) is -0.188. The van der Waals surface area contributed by atoms with Gasteiger partial charge in [0.05, 0.1) is 0 Å². The Kier molecular flexibility index (Phi) is 7.03. The van der Waals surface area contributed by atoms with Crippen molar-refractivity contribution >= 4 is 11.5 Å². The average Bonchev–Trinajstić information content (AvgIpc) is 2.97. The monoisotopic (exact) mass is 428 g/mol. The molecule has 1 unspecified atom stereocenters. The number of aliphatic carboxylic acids is 1. The zero-order valence-electron chi connectivity index (χ0n) is 18.3. The van der Waals surface area contributed by atoms with Gasteiger partial charge in [0.1, 0.15) is 12.4 Å². The van der Waals surface area contributed by atoms with E-state index in [1.807, 2.05) is 24.3 Å². The van der Waals surface area contributed by atoms with Crippen LogP contribution >= 0.6 is 0 Å². The van der Waals surface area contributed by atoms with Crippen molar-refractivity contribution in [1.29, 1.82) is 0 Å². The van der Waals surface area contributed by atoms with Gasteiger partial charge in [-0.15, -0.1) is 0 Å². The normalized spacial score (nSPS) is 17.0. The Morgan fingerprint density at radius 1 is 1.12 bits per heavy atom. The van der Waals surface area contributed by atoms with E-state index < -0.39 is 12.1 Å². The third kappa shape index (κ3) is 5.09. The van der Waals surface area contributed by atoms with Crippen molar-refractivity contribution in [3.8, 4) is 5.75 Å². The Morgan fingerprint density at radius 2 is 1.94 bits per heavy atom. The molecule has 0 saturated carbocycles. The van der Waals surface area contributed by atoms with Gasteiger partial charge in [-0.25, -0.2) is 4.79 Å². The van der Waals surface area contributed by atoms with Gasteiger partial charge in [0.15, 0.2) is 6.10 Å². The first-order valence-electron chi connectivity index (χ1n) is 11.1. The van der Waals surface area contributed by atoms with Crippen LogP contribution in [0.25, 0.3) is 5.57 Å². The Labute approximate surface area is 189 Å². The van der Waals surface area contributed by atoms with E-state index in [1.54, 1.807) is 6.92 Å². The molecule has 0 aliphatic heterocycles. The fourth-order valence-electron chi connectivity index (χ4n) is 4.17. The molecule has 2 aromatic rings. The minimum atomic E-state index is -0.942. The van der Waals surface area contributed by atoms with Crippen molar-refractivity contribution in [2.45, 2.75) is 32.3 Å². The third-order valence-electron chi connectivity index (χ3n) is 5.77. The molecule has 0 aromatic heterocycles. The van der Waals surface area contributed by atoms with Crippen molar-refractivity contribution < 1.29 is 19.4 Å². The van der Waals surface area contributed by atoms with Crippen molar-refractivity contribution in [1.82, 2.24) is 0 Å². The minimum absolute atomic E-state index is 0.334. The molecule has 0 fully saturated rings. The lowest BCUT2D eigenvalue weighted by Gasteiger charge is -2.17. The molecule has 2 aliphatic rings. The van der Waals surface area contributed by atoms with Crippen LogP contribution in [-0.4, -0.2) is 30.4 Å². The molecule has 0 saturated heterocycles. The number of benzene rings is 2. The van der Waals surface area contributed by atoms with Gasteiger partial charge in [0.25, 0.3) is 0 Å². The van der Waals surface area contributed by atoms with Gasteiger partial charge in [-0.2, -0.15) is 0 Å². The molecular weight excluding hydrogens is 400 g/mol. The molecule has 4 nitrogen and oxygen atoms in total. The second-order valence-electron chi connectivity index (χ2n) is 7.86. The molecule has 2 aromatic carbocycles. The summed E-state index contributed by atoms with van der Waals surface area (Å²) >= 11 is 0. The maximum Gasteiger partial charge on any atom is 0.333 e. The van der Waals surface area contributed by atoms with Crippen LogP contribution in [0, 0.1) is 0 Å². The summed E-state index contributed by atoms with van der Waals surface area (Å²) in [6.45, 7) is 2.62. The fraction of sp³-hybridized carbons (Fsp3) is 0.250. The lowest BCUT2D eigenvalue weighted by molar-refractivity contribution is -0.149. The summed E-state index contributed by atoms with van der Waals surface area (Å²) in [5, 5.41) is 9.26. The summed E-state index contributed by atoms with van der Waals surface area (Å²) in [5.41, 5.74) is 7.34. The molecule has 0 heterocycles. The van der Waals surface area contributed by atoms with Crippen LogP contribution in [-0.2, 0) is 22.4 Å². The van der Waals surface area contributed by atoms with Crippen molar-refractivity contribution in [2.24, 2.45) is 0 Å². The van der Waals surface area contributed by atoms with E-state index in [9.17, 15) is 9.90 Å². The van der Waals surface area contributed by atoms with E-state index in [-0.39, 0.29) is 0 Å². The molecule has 0 amide bonds. The van der Waals surface area contributed by atoms with Crippen LogP contribution in [0.15, 0.2) is 90.1 Å². The molecule has 0 spiro atoms. The second kappa shape index (κ2) is 10.3. The minimum Gasteiger partial charge on any atom is -0.490 e. The van der Waals surface area contributed by atoms with Crippen LogP contribution in [0.2, 0.25) is 0 Å². The highest BCUT2D eigenvalue weighted by molar-refractivity contribution is 5.87. The zero-order valence-corrected chi connectivity index (χ0v) is 18.3. The number of fused-ring (bicyclic) bond motifs is 2. The Morgan fingerprint density at radius 3 is 2.72 bits per heavy atom. The lowest BCUT2D eigenvalue weighted by Crippen LogP contribution is -2.26. The molecule has 0 bridgehead atoms. The smallest absolute Gasteiger partial charge is 0.333 e. The van der Waals surface area contributed by atoms with Crippen molar-refractivity contribution in [3.63, 3.8) is 0 Å². The molecule has 0 radical (unpaired) electrons. The van der Waals surface area contributed by atoms with Gasteiger partial charge >= 0.3 is 5.97 Å². The van der Waals surface area contributed by atoms with E-state index in [4.69, 9.17) is 9.47 Å². The molecule has 32 heavy (non-hydrogen) atoms. The van der Waals surface area contributed by atoms with E-state index in [0.717, 1.165) is 24.2 Å². The first-order valence-corrected chi connectivity index (χ1v) is 11.1. The van der Waals surface area contributed by atoms with E-state index in [2.05, 4.69) is 54.6 Å². The van der Waals surface area contributed by atoms with Gasteiger partial charge in [0, 0.05) is 13.0 Å². The largest absolute Gasteiger partial charge is 0.490 e. The van der Waals surface area contributed by atoms with Crippen LogP contribution in [0.4, 0.5) is 0 Å². The SMILES string of the molecule is CCOC(Cc1ccc(OCC=C2C3=CC=CCC3=CCc3ccccc32)cc1)C(=O)O. The highest BCUT2D eigenvalue weighted by atomic mass is 16.5.